The number of benzene rings is 2. The van der Waals surface area contributed by atoms with Crippen LogP contribution in [-0.2, 0) is 0 Å². The Kier molecular flexibility index (Phi) is 6.21. The summed E-state index contributed by atoms with van der Waals surface area (Å²) >= 11 is 0. The fraction of sp³-hybridized carbons (Fsp3) is 0.217. The first-order chi connectivity index (χ1) is 13.2. The maximum atomic E-state index is 12.6. The Labute approximate surface area is 159 Å². The molecule has 1 amide bonds. The number of nitrogens with zero attached hydrogens (tertiary/aromatic N) is 1. The van der Waals surface area contributed by atoms with Crippen molar-refractivity contribution < 1.29 is 9.53 Å². The fourth-order valence-corrected chi connectivity index (χ4v) is 2.76. The van der Waals surface area contributed by atoms with Gasteiger partial charge in [-0.15, -0.1) is 0 Å². The monoisotopic (exact) mass is 360 g/mol. The van der Waals surface area contributed by atoms with Crippen LogP contribution in [0.3, 0.4) is 0 Å². The molecular weight excluding hydrogens is 336 g/mol. The van der Waals surface area contributed by atoms with E-state index in [2.05, 4.69) is 29.4 Å². The smallest absolute Gasteiger partial charge is 0.255 e. The van der Waals surface area contributed by atoms with Crippen molar-refractivity contribution in [1.29, 1.82) is 0 Å². The van der Waals surface area contributed by atoms with E-state index in [0.29, 0.717) is 17.9 Å². The van der Waals surface area contributed by atoms with Gasteiger partial charge < -0.3 is 10.1 Å². The van der Waals surface area contributed by atoms with Crippen molar-refractivity contribution in [3.05, 3.63) is 78.0 Å². The minimum atomic E-state index is -0.152. The van der Waals surface area contributed by atoms with Crippen LogP contribution in [0.15, 0.2) is 66.7 Å². The van der Waals surface area contributed by atoms with Gasteiger partial charge >= 0.3 is 0 Å². The second-order valence-electron chi connectivity index (χ2n) is 6.36. The number of hydrogen-bond donors (Lipinski definition) is 1. The van der Waals surface area contributed by atoms with Crippen molar-refractivity contribution in [2.45, 2.75) is 26.7 Å². The number of rotatable bonds is 7. The first-order valence-electron chi connectivity index (χ1n) is 9.22. The molecule has 0 saturated heterocycles. The largest absolute Gasteiger partial charge is 0.493 e. The summed E-state index contributed by atoms with van der Waals surface area (Å²) in [5, 5.41) is 3.88. The predicted octanol–water partition coefficient (Wildman–Crippen LogP) is 5.53. The summed E-state index contributed by atoms with van der Waals surface area (Å²) in [6, 6.07) is 16.9. The van der Waals surface area contributed by atoms with E-state index < -0.39 is 0 Å². The van der Waals surface area contributed by atoms with Gasteiger partial charge in [-0.3, -0.25) is 9.78 Å². The van der Waals surface area contributed by atoms with E-state index in [9.17, 15) is 4.79 Å². The van der Waals surface area contributed by atoms with Gasteiger partial charge in [-0.1, -0.05) is 31.2 Å². The van der Waals surface area contributed by atoms with Crippen LogP contribution in [0.1, 0.15) is 35.8 Å². The second-order valence-corrected chi connectivity index (χ2v) is 6.36. The molecule has 0 aliphatic carbocycles. The van der Waals surface area contributed by atoms with Crippen LogP contribution in [0.4, 0.5) is 5.69 Å². The molecule has 3 aromatic rings. The number of carbonyl (C=O) groups is 1. The Morgan fingerprint density at radius 3 is 2.85 bits per heavy atom. The lowest BCUT2D eigenvalue weighted by atomic mass is 10.1. The number of fused-ring (bicyclic) bond motifs is 1. The van der Waals surface area contributed by atoms with Crippen molar-refractivity contribution in [2.24, 2.45) is 0 Å². The van der Waals surface area contributed by atoms with Gasteiger partial charge in [0.25, 0.3) is 5.91 Å². The first-order valence-corrected chi connectivity index (χ1v) is 9.22. The average Bonchev–Trinajstić information content (AvgIpc) is 2.67. The number of allylic oxidation sites excluding steroid dienone is 1. The van der Waals surface area contributed by atoms with Crippen LogP contribution in [0.2, 0.25) is 0 Å². The number of hydrogen-bond acceptors (Lipinski definition) is 3. The summed E-state index contributed by atoms with van der Waals surface area (Å²) in [5.41, 5.74) is 3.16. The van der Waals surface area contributed by atoms with Crippen LogP contribution in [0.25, 0.3) is 10.9 Å². The van der Waals surface area contributed by atoms with E-state index in [-0.39, 0.29) is 5.91 Å². The molecule has 4 nitrogen and oxygen atoms in total. The van der Waals surface area contributed by atoms with Gasteiger partial charge in [0.05, 0.1) is 12.1 Å². The molecule has 27 heavy (non-hydrogen) atoms. The van der Waals surface area contributed by atoms with Gasteiger partial charge in [0, 0.05) is 28.4 Å². The molecule has 2 aromatic carbocycles. The molecule has 0 aliphatic rings. The number of amides is 1. The molecule has 0 spiro atoms. The highest BCUT2D eigenvalue weighted by Gasteiger charge is 2.08. The number of anilines is 1. The summed E-state index contributed by atoms with van der Waals surface area (Å²) in [7, 11) is 0. The Balaban J connectivity index is 1.66. The van der Waals surface area contributed by atoms with Gasteiger partial charge in [-0.05, 0) is 56.2 Å². The highest BCUT2D eigenvalue weighted by atomic mass is 16.5. The van der Waals surface area contributed by atoms with Crippen molar-refractivity contribution in [3.63, 3.8) is 0 Å². The van der Waals surface area contributed by atoms with E-state index >= 15 is 0 Å². The molecule has 1 N–H and O–H groups in total. The maximum Gasteiger partial charge on any atom is 0.255 e. The zero-order chi connectivity index (χ0) is 19.1. The van der Waals surface area contributed by atoms with Gasteiger partial charge in [0.1, 0.15) is 5.75 Å². The summed E-state index contributed by atoms with van der Waals surface area (Å²) in [4.78, 5) is 17.1. The van der Waals surface area contributed by atoms with Gasteiger partial charge in [0.2, 0.25) is 0 Å². The van der Waals surface area contributed by atoms with Crippen molar-refractivity contribution in [3.8, 4) is 5.75 Å². The molecule has 3 rings (SSSR count). The highest BCUT2D eigenvalue weighted by molar-refractivity contribution is 6.06. The third kappa shape index (κ3) is 5.17. The zero-order valence-corrected chi connectivity index (χ0v) is 15.7. The number of nitrogens with one attached hydrogen (secondary N) is 1. The highest BCUT2D eigenvalue weighted by Crippen LogP contribution is 2.20. The maximum absolute atomic E-state index is 12.6. The van der Waals surface area contributed by atoms with E-state index in [4.69, 9.17) is 4.74 Å². The molecule has 0 bridgehead atoms. The number of aryl methyl sites for hydroxylation is 1. The molecule has 0 saturated carbocycles. The third-order valence-electron chi connectivity index (χ3n) is 4.14. The molecule has 0 radical (unpaired) electrons. The number of pyridine rings is 1. The molecule has 1 aromatic heterocycles. The first kappa shape index (κ1) is 18.6. The van der Waals surface area contributed by atoms with Crippen LogP contribution >= 0.6 is 0 Å². The minimum absolute atomic E-state index is 0.152. The molecule has 0 aliphatic heterocycles. The molecular formula is C23H24N2O2. The molecule has 0 atom stereocenters. The minimum Gasteiger partial charge on any atom is -0.493 e. The topological polar surface area (TPSA) is 51.2 Å². The zero-order valence-electron chi connectivity index (χ0n) is 15.7. The van der Waals surface area contributed by atoms with Crippen LogP contribution < -0.4 is 10.1 Å². The van der Waals surface area contributed by atoms with Crippen LogP contribution in [0, 0.1) is 6.92 Å². The van der Waals surface area contributed by atoms with E-state index in [0.717, 1.165) is 35.2 Å². The fourth-order valence-electron chi connectivity index (χ4n) is 2.76. The number of carbonyl (C=O) groups excluding carboxylic acids is 1. The third-order valence-corrected chi connectivity index (χ3v) is 4.14. The number of aromatic nitrogens is 1. The number of ether oxygens (including phenoxy) is 1. The Hall–Kier alpha value is -3.14. The SMILES string of the molecule is CCC=CCCOc1cccc(NC(=O)c2ccc3nc(C)ccc3c2)c1. The van der Waals surface area contributed by atoms with E-state index in [1.807, 2.05) is 55.5 Å². The molecule has 0 fully saturated rings. The molecule has 4 heteroatoms. The summed E-state index contributed by atoms with van der Waals surface area (Å²) in [5.74, 6) is 0.594. The van der Waals surface area contributed by atoms with Crippen molar-refractivity contribution in [2.75, 3.05) is 11.9 Å². The van der Waals surface area contributed by atoms with E-state index in [1.165, 1.54) is 0 Å². The Bertz CT molecular complexity index is 964. The van der Waals surface area contributed by atoms with Crippen molar-refractivity contribution >= 4 is 22.5 Å². The second kappa shape index (κ2) is 8.99. The predicted molar refractivity (Wildman–Crippen MR) is 110 cm³/mol. The average molecular weight is 360 g/mol. The standard InChI is InChI=1S/C23H24N2O2/c1-3-4-5-6-14-27-21-9-7-8-20(16-21)25-23(26)19-12-13-22-18(15-19)11-10-17(2)24-22/h4-5,7-13,15-16H,3,6,14H2,1-2H3,(H,25,26). The van der Waals surface area contributed by atoms with Crippen LogP contribution in [0.5, 0.6) is 5.75 Å². The lowest BCUT2D eigenvalue weighted by Crippen LogP contribution is -2.12. The lowest BCUT2D eigenvalue weighted by molar-refractivity contribution is 0.102. The Morgan fingerprint density at radius 2 is 2.00 bits per heavy atom. The molecule has 138 valence electrons. The summed E-state index contributed by atoms with van der Waals surface area (Å²) in [6.07, 6.45) is 6.14. The van der Waals surface area contributed by atoms with Gasteiger partial charge in [-0.25, -0.2) is 0 Å². The summed E-state index contributed by atoms with van der Waals surface area (Å²) in [6.45, 7) is 4.68. The van der Waals surface area contributed by atoms with Crippen molar-refractivity contribution in [1.82, 2.24) is 4.98 Å². The van der Waals surface area contributed by atoms with Gasteiger partial charge in [0.15, 0.2) is 0 Å². The quantitative estimate of drug-likeness (QED) is 0.445. The summed E-state index contributed by atoms with van der Waals surface area (Å²) < 4.78 is 5.74. The van der Waals surface area contributed by atoms with Gasteiger partial charge in [-0.2, -0.15) is 0 Å². The van der Waals surface area contributed by atoms with Crippen LogP contribution in [-0.4, -0.2) is 17.5 Å². The lowest BCUT2D eigenvalue weighted by Gasteiger charge is -2.09. The Morgan fingerprint density at radius 1 is 1.11 bits per heavy atom. The normalized spacial score (nSPS) is 11.0. The molecule has 0 unspecified atom stereocenters. The van der Waals surface area contributed by atoms with E-state index in [1.54, 1.807) is 6.07 Å². The molecule has 1 heterocycles.